The number of sulfonamides is 1. The molecule has 4 rings (SSSR count). The van der Waals surface area contributed by atoms with Gasteiger partial charge in [-0.1, -0.05) is 42.5 Å². The summed E-state index contributed by atoms with van der Waals surface area (Å²) in [5, 5.41) is 14.2. The summed E-state index contributed by atoms with van der Waals surface area (Å²) < 4.78 is 29.9. The maximum absolute atomic E-state index is 13.1. The first kappa shape index (κ1) is 22.1. The van der Waals surface area contributed by atoms with E-state index in [0.29, 0.717) is 11.1 Å². The Morgan fingerprint density at radius 3 is 2.39 bits per heavy atom. The molecule has 0 unspecified atom stereocenters. The third kappa shape index (κ3) is 4.44. The summed E-state index contributed by atoms with van der Waals surface area (Å²) in [5.41, 5.74) is 3.17. The predicted molar refractivity (Wildman–Crippen MR) is 125 cm³/mol. The summed E-state index contributed by atoms with van der Waals surface area (Å²) in [7, 11) is -4.29. The van der Waals surface area contributed by atoms with Gasteiger partial charge in [0.2, 0.25) is 5.78 Å². The first-order chi connectivity index (χ1) is 15.7. The van der Waals surface area contributed by atoms with Crippen molar-refractivity contribution in [3.8, 4) is 0 Å². The Bertz CT molecular complexity index is 1470. The number of ketones is 1. The van der Waals surface area contributed by atoms with Crippen molar-refractivity contribution in [2.24, 2.45) is 4.40 Å². The van der Waals surface area contributed by atoms with Crippen LogP contribution in [-0.2, 0) is 10.0 Å². The van der Waals surface area contributed by atoms with Crippen molar-refractivity contribution in [2.75, 3.05) is 5.32 Å². The molecule has 0 bridgehead atoms. The molecule has 0 fully saturated rings. The van der Waals surface area contributed by atoms with Crippen LogP contribution >= 0.6 is 0 Å². The summed E-state index contributed by atoms with van der Waals surface area (Å²) in [5.74, 6) is -0.293. The van der Waals surface area contributed by atoms with Crippen LogP contribution in [0.1, 0.15) is 27.0 Å². The fourth-order valence-electron chi connectivity index (χ4n) is 3.45. The van der Waals surface area contributed by atoms with Gasteiger partial charge in [-0.15, -0.1) is 0 Å². The molecule has 0 amide bonds. The molecule has 0 aliphatic heterocycles. The SMILES string of the molecule is Cc1ccc(C)c(NC2=C/C(=N\S(=O)(=O)c3cccc([N+](=O)[O-])c3)c3ccccc3C2=O)c1. The minimum atomic E-state index is -4.29. The molecular formula is C24H19N3O5S. The molecule has 33 heavy (non-hydrogen) atoms. The Labute approximate surface area is 190 Å². The molecule has 9 heteroatoms. The van der Waals surface area contributed by atoms with E-state index in [1.165, 1.54) is 24.3 Å². The number of aryl methyl sites for hydroxylation is 2. The second-order valence-corrected chi connectivity index (χ2v) is 9.19. The van der Waals surface area contributed by atoms with Crippen LogP contribution < -0.4 is 5.32 Å². The van der Waals surface area contributed by atoms with Gasteiger partial charge in [-0.3, -0.25) is 14.9 Å². The number of nitro groups is 1. The number of carbonyl (C=O) groups excluding carboxylic acids is 1. The Kier molecular flexibility index (Phi) is 5.65. The highest BCUT2D eigenvalue weighted by atomic mass is 32.2. The molecule has 1 aliphatic carbocycles. The second-order valence-electron chi connectivity index (χ2n) is 7.58. The minimum Gasteiger partial charge on any atom is -0.352 e. The van der Waals surface area contributed by atoms with Gasteiger partial charge in [0, 0.05) is 28.9 Å². The highest BCUT2D eigenvalue weighted by molar-refractivity contribution is 7.90. The number of rotatable bonds is 5. The molecule has 0 atom stereocenters. The molecule has 0 aromatic heterocycles. The van der Waals surface area contributed by atoms with Crippen molar-refractivity contribution in [3.05, 3.63) is 111 Å². The number of benzene rings is 3. The van der Waals surface area contributed by atoms with Crippen LogP contribution in [0.3, 0.4) is 0 Å². The first-order valence-electron chi connectivity index (χ1n) is 9.95. The summed E-state index contributed by atoms with van der Waals surface area (Å²) in [6, 6.07) is 17.0. The average Bonchev–Trinajstić information content (AvgIpc) is 2.79. The Hall–Kier alpha value is -4.11. The number of nitro benzene ring substituents is 1. The third-order valence-electron chi connectivity index (χ3n) is 5.18. The van der Waals surface area contributed by atoms with Gasteiger partial charge in [0.05, 0.1) is 21.2 Å². The second kappa shape index (κ2) is 8.44. The van der Waals surface area contributed by atoms with Gasteiger partial charge in [-0.05, 0) is 43.2 Å². The zero-order chi connectivity index (χ0) is 23.8. The highest BCUT2D eigenvalue weighted by Crippen LogP contribution is 2.27. The van der Waals surface area contributed by atoms with Crippen LogP contribution in [0.15, 0.2) is 87.8 Å². The molecule has 0 saturated heterocycles. The molecular weight excluding hydrogens is 442 g/mol. The molecule has 0 radical (unpaired) electrons. The van der Waals surface area contributed by atoms with Gasteiger partial charge < -0.3 is 5.32 Å². The lowest BCUT2D eigenvalue weighted by Crippen LogP contribution is -2.23. The van der Waals surface area contributed by atoms with E-state index >= 15 is 0 Å². The molecule has 1 aliphatic rings. The van der Waals surface area contributed by atoms with Crippen molar-refractivity contribution in [3.63, 3.8) is 0 Å². The summed E-state index contributed by atoms with van der Waals surface area (Å²) in [4.78, 5) is 23.2. The maximum atomic E-state index is 13.1. The van der Waals surface area contributed by atoms with Crippen molar-refractivity contribution in [2.45, 2.75) is 18.7 Å². The summed E-state index contributed by atoms with van der Waals surface area (Å²) >= 11 is 0. The van der Waals surface area contributed by atoms with E-state index in [-0.39, 0.29) is 27.8 Å². The van der Waals surface area contributed by atoms with E-state index in [1.807, 2.05) is 32.0 Å². The lowest BCUT2D eigenvalue weighted by atomic mass is 9.92. The van der Waals surface area contributed by atoms with Gasteiger partial charge in [0.1, 0.15) is 0 Å². The molecule has 0 saturated carbocycles. The van der Waals surface area contributed by atoms with Crippen molar-refractivity contribution >= 4 is 32.9 Å². The van der Waals surface area contributed by atoms with Gasteiger partial charge >= 0.3 is 0 Å². The molecule has 166 valence electrons. The van der Waals surface area contributed by atoms with E-state index in [2.05, 4.69) is 9.71 Å². The number of carbonyl (C=O) groups is 1. The van der Waals surface area contributed by atoms with Crippen LogP contribution in [-0.4, -0.2) is 24.8 Å². The third-order valence-corrected chi connectivity index (χ3v) is 6.47. The van der Waals surface area contributed by atoms with E-state index < -0.39 is 14.9 Å². The topological polar surface area (TPSA) is 119 Å². The Morgan fingerprint density at radius 1 is 0.939 bits per heavy atom. The quantitative estimate of drug-likeness (QED) is 0.439. The molecule has 8 nitrogen and oxygen atoms in total. The molecule has 0 heterocycles. The van der Waals surface area contributed by atoms with Crippen molar-refractivity contribution in [1.82, 2.24) is 0 Å². The van der Waals surface area contributed by atoms with Crippen LogP contribution in [0.2, 0.25) is 0 Å². The van der Waals surface area contributed by atoms with Crippen molar-refractivity contribution < 1.29 is 18.1 Å². The number of nitrogens with one attached hydrogen (secondary N) is 1. The smallest absolute Gasteiger partial charge is 0.283 e. The number of allylic oxidation sites excluding steroid dienone is 2. The Morgan fingerprint density at radius 2 is 1.67 bits per heavy atom. The average molecular weight is 461 g/mol. The van der Waals surface area contributed by atoms with E-state index in [1.54, 1.807) is 24.3 Å². The molecule has 3 aromatic carbocycles. The van der Waals surface area contributed by atoms with Crippen LogP contribution in [0, 0.1) is 24.0 Å². The number of Topliss-reactive ketones (excluding diaryl/α,β-unsaturated/α-hetero) is 1. The predicted octanol–water partition coefficient (Wildman–Crippen LogP) is 4.58. The maximum Gasteiger partial charge on any atom is 0.283 e. The van der Waals surface area contributed by atoms with Gasteiger partial charge in [0.15, 0.2) is 0 Å². The number of anilines is 1. The minimum absolute atomic E-state index is 0.0597. The van der Waals surface area contributed by atoms with Crippen LogP contribution in [0.25, 0.3) is 0 Å². The lowest BCUT2D eigenvalue weighted by molar-refractivity contribution is -0.385. The fraction of sp³-hybridized carbons (Fsp3) is 0.0833. The Balaban J connectivity index is 1.83. The van der Waals surface area contributed by atoms with E-state index in [9.17, 15) is 23.3 Å². The molecule has 0 spiro atoms. The summed E-state index contributed by atoms with van der Waals surface area (Å²) in [6.45, 7) is 3.82. The van der Waals surface area contributed by atoms with E-state index in [0.717, 1.165) is 22.9 Å². The number of non-ortho nitro benzene ring substituents is 1. The fourth-order valence-corrected chi connectivity index (χ4v) is 4.49. The van der Waals surface area contributed by atoms with E-state index in [4.69, 9.17) is 0 Å². The molecule has 3 aromatic rings. The lowest BCUT2D eigenvalue weighted by Gasteiger charge is -2.20. The number of hydrogen-bond donors (Lipinski definition) is 1. The zero-order valence-electron chi connectivity index (χ0n) is 17.8. The van der Waals surface area contributed by atoms with Gasteiger partial charge in [0.25, 0.3) is 15.7 Å². The van der Waals surface area contributed by atoms with Gasteiger partial charge in [-0.25, -0.2) is 0 Å². The van der Waals surface area contributed by atoms with Crippen molar-refractivity contribution in [1.29, 1.82) is 0 Å². The number of hydrogen-bond acceptors (Lipinski definition) is 6. The molecule has 1 N–H and O–H groups in total. The standard InChI is InChI=1S/C24H19N3O5S/c1-15-10-11-16(2)21(12-15)25-23-14-22(19-8-3-4-9-20(19)24(23)28)26-33(31,32)18-7-5-6-17(13-18)27(29)30/h3-14,25H,1-2H3/b26-22+. The van der Waals surface area contributed by atoms with Gasteiger partial charge in [-0.2, -0.15) is 12.8 Å². The normalized spacial score (nSPS) is 14.5. The largest absolute Gasteiger partial charge is 0.352 e. The zero-order valence-corrected chi connectivity index (χ0v) is 18.6. The van der Waals surface area contributed by atoms with Crippen LogP contribution in [0.4, 0.5) is 11.4 Å². The summed E-state index contributed by atoms with van der Waals surface area (Å²) in [6.07, 6.45) is 1.39. The van der Waals surface area contributed by atoms with Crippen LogP contribution in [0.5, 0.6) is 0 Å². The number of nitrogens with zero attached hydrogens (tertiary/aromatic N) is 2. The monoisotopic (exact) mass is 461 g/mol. The highest BCUT2D eigenvalue weighted by Gasteiger charge is 2.27. The number of fused-ring (bicyclic) bond motifs is 1. The first-order valence-corrected chi connectivity index (χ1v) is 11.4.